The van der Waals surface area contributed by atoms with Gasteiger partial charge in [-0.15, -0.1) is 0 Å². The van der Waals surface area contributed by atoms with Crippen molar-refractivity contribution in [1.82, 2.24) is 9.78 Å². The van der Waals surface area contributed by atoms with E-state index in [1.54, 1.807) is 17.7 Å². The highest BCUT2D eigenvalue weighted by Crippen LogP contribution is 2.39. The normalized spacial score (nSPS) is 14.7. The molecule has 4 rings (SSSR count). The topological polar surface area (TPSA) is 119 Å². The summed E-state index contributed by atoms with van der Waals surface area (Å²) >= 11 is 6.15. The van der Waals surface area contributed by atoms with Gasteiger partial charge in [0.1, 0.15) is 11.9 Å². The Hall–Kier alpha value is -3.72. The number of nitro benzene ring substituents is 1. The van der Waals surface area contributed by atoms with E-state index in [0.29, 0.717) is 28.5 Å². The first-order chi connectivity index (χ1) is 15.3. The minimum atomic E-state index is -0.804. The standard InChI is InChI=1S/C22H20ClN5O4/c1-3-16-20(13-5-4-6-14(23)10-13)21-25-22(30)18(27(21)26-16)11-19(29)24-17-8-7-15(28(31)32)9-12(17)2/h4-10,18H,3,11H2,1-2H3,(H,24,29)(H,25,30). The van der Waals surface area contributed by atoms with Crippen LogP contribution in [0, 0.1) is 17.0 Å². The Morgan fingerprint density at radius 1 is 1.31 bits per heavy atom. The second kappa shape index (κ2) is 8.43. The first kappa shape index (κ1) is 21.5. The van der Waals surface area contributed by atoms with E-state index in [2.05, 4.69) is 15.7 Å². The molecule has 1 unspecified atom stereocenters. The number of fused-ring (bicyclic) bond motifs is 1. The number of anilines is 2. The monoisotopic (exact) mass is 453 g/mol. The molecule has 0 saturated heterocycles. The van der Waals surface area contributed by atoms with Crippen LogP contribution in [-0.2, 0) is 16.0 Å². The number of hydrogen-bond donors (Lipinski definition) is 2. The van der Waals surface area contributed by atoms with Gasteiger partial charge < -0.3 is 10.6 Å². The lowest BCUT2D eigenvalue weighted by molar-refractivity contribution is -0.384. The second-order valence-corrected chi connectivity index (χ2v) is 7.93. The van der Waals surface area contributed by atoms with Gasteiger partial charge >= 0.3 is 0 Å². The lowest BCUT2D eigenvalue weighted by Gasteiger charge is -2.11. The Morgan fingerprint density at radius 2 is 2.09 bits per heavy atom. The van der Waals surface area contributed by atoms with Gasteiger partial charge in [0.05, 0.1) is 17.0 Å². The number of nitro groups is 1. The number of hydrogen-bond acceptors (Lipinski definition) is 5. The van der Waals surface area contributed by atoms with Gasteiger partial charge in [-0.1, -0.05) is 30.7 Å². The van der Waals surface area contributed by atoms with Crippen LogP contribution in [0.15, 0.2) is 42.5 Å². The molecule has 1 atom stereocenters. The van der Waals surface area contributed by atoms with E-state index in [-0.39, 0.29) is 18.0 Å². The fourth-order valence-electron chi connectivity index (χ4n) is 3.79. The van der Waals surface area contributed by atoms with Crippen LogP contribution in [0.5, 0.6) is 0 Å². The number of aryl methyl sites for hydroxylation is 2. The summed E-state index contributed by atoms with van der Waals surface area (Å²) in [6.07, 6.45) is 0.508. The summed E-state index contributed by atoms with van der Waals surface area (Å²) in [6, 6.07) is 10.7. The molecule has 10 heteroatoms. The number of benzene rings is 2. The molecule has 9 nitrogen and oxygen atoms in total. The number of aromatic nitrogens is 2. The van der Waals surface area contributed by atoms with Crippen LogP contribution < -0.4 is 10.6 Å². The lowest BCUT2D eigenvalue weighted by atomic mass is 10.0. The number of carbonyl (C=O) groups is 2. The molecule has 2 amide bonds. The molecular formula is C22H20ClN5O4. The molecule has 0 bridgehead atoms. The Labute approximate surface area is 188 Å². The van der Waals surface area contributed by atoms with E-state index in [1.165, 1.54) is 18.2 Å². The van der Waals surface area contributed by atoms with E-state index in [9.17, 15) is 19.7 Å². The van der Waals surface area contributed by atoms with Crippen molar-refractivity contribution in [3.63, 3.8) is 0 Å². The van der Waals surface area contributed by atoms with E-state index >= 15 is 0 Å². The van der Waals surface area contributed by atoms with Crippen LogP contribution in [-0.4, -0.2) is 26.5 Å². The molecule has 32 heavy (non-hydrogen) atoms. The SMILES string of the molecule is CCc1nn2c(c1-c1cccc(Cl)c1)NC(=O)C2CC(=O)Nc1ccc([N+](=O)[O-])cc1C. The predicted octanol–water partition coefficient (Wildman–Crippen LogP) is 4.50. The molecule has 1 aliphatic rings. The quantitative estimate of drug-likeness (QED) is 0.420. The van der Waals surface area contributed by atoms with Crippen molar-refractivity contribution in [3.8, 4) is 11.1 Å². The van der Waals surface area contributed by atoms with E-state index < -0.39 is 16.9 Å². The number of amides is 2. The van der Waals surface area contributed by atoms with Gasteiger partial charge in [-0.25, -0.2) is 4.68 Å². The van der Waals surface area contributed by atoms with E-state index in [0.717, 1.165) is 16.8 Å². The number of non-ortho nitro benzene ring substituents is 1. The minimum absolute atomic E-state index is 0.0579. The van der Waals surface area contributed by atoms with Crippen molar-refractivity contribution in [1.29, 1.82) is 0 Å². The first-order valence-corrected chi connectivity index (χ1v) is 10.4. The summed E-state index contributed by atoms with van der Waals surface area (Å²) in [6.45, 7) is 3.63. The Bertz CT molecular complexity index is 1250. The summed E-state index contributed by atoms with van der Waals surface area (Å²) in [4.78, 5) is 35.8. The molecule has 0 saturated carbocycles. The Morgan fingerprint density at radius 3 is 2.75 bits per heavy atom. The van der Waals surface area contributed by atoms with Crippen LogP contribution in [0.1, 0.15) is 30.6 Å². The van der Waals surface area contributed by atoms with E-state index in [1.807, 2.05) is 25.1 Å². The highest BCUT2D eigenvalue weighted by atomic mass is 35.5. The van der Waals surface area contributed by atoms with Crippen molar-refractivity contribution >= 4 is 40.6 Å². The number of nitrogens with one attached hydrogen (secondary N) is 2. The molecule has 0 fully saturated rings. The van der Waals surface area contributed by atoms with Gasteiger partial charge in [0, 0.05) is 28.4 Å². The van der Waals surface area contributed by atoms with Crippen LogP contribution in [0.4, 0.5) is 17.2 Å². The van der Waals surface area contributed by atoms with Crippen molar-refractivity contribution < 1.29 is 14.5 Å². The van der Waals surface area contributed by atoms with Crippen molar-refractivity contribution in [2.24, 2.45) is 0 Å². The maximum atomic E-state index is 12.7. The molecule has 0 radical (unpaired) electrons. The largest absolute Gasteiger partial charge is 0.326 e. The van der Waals surface area contributed by atoms with Crippen LogP contribution in [0.3, 0.4) is 0 Å². The fraction of sp³-hybridized carbons (Fsp3) is 0.227. The number of nitrogens with zero attached hydrogens (tertiary/aromatic N) is 3. The van der Waals surface area contributed by atoms with Gasteiger partial charge in [-0.05, 0) is 42.7 Å². The zero-order valence-corrected chi connectivity index (χ0v) is 18.1. The Balaban J connectivity index is 1.59. The van der Waals surface area contributed by atoms with Gasteiger partial charge in [0.15, 0.2) is 0 Å². The van der Waals surface area contributed by atoms with Crippen LogP contribution in [0.2, 0.25) is 5.02 Å². The summed E-state index contributed by atoms with van der Waals surface area (Å²) in [5, 5.41) is 21.6. The van der Waals surface area contributed by atoms with E-state index in [4.69, 9.17) is 11.6 Å². The van der Waals surface area contributed by atoms with Crippen LogP contribution >= 0.6 is 11.6 Å². The molecule has 2 aromatic carbocycles. The van der Waals surface area contributed by atoms with Gasteiger partial charge in [0.2, 0.25) is 5.91 Å². The molecule has 164 valence electrons. The number of rotatable bonds is 6. The summed E-state index contributed by atoms with van der Waals surface area (Å²) in [7, 11) is 0. The molecule has 0 aliphatic carbocycles. The third-order valence-corrected chi connectivity index (χ3v) is 5.58. The first-order valence-electron chi connectivity index (χ1n) is 10.0. The maximum absolute atomic E-state index is 12.7. The summed E-state index contributed by atoms with van der Waals surface area (Å²) in [5.74, 6) is -0.180. The highest BCUT2D eigenvalue weighted by molar-refractivity contribution is 6.30. The lowest BCUT2D eigenvalue weighted by Crippen LogP contribution is -2.24. The smallest absolute Gasteiger partial charge is 0.269 e. The maximum Gasteiger partial charge on any atom is 0.269 e. The van der Waals surface area contributed by atoms with Crippen molar-refractivity contribution in [2.75, 3.05) is 10.6 Å². The van der Waals surface area contributed by atoms with Gasteiger partial charge in [-0.3, -0.25) is 19.7 Å². The average Bonchev–Trinajstić information content (AvgIpc) is 3.24. The molecule has 3 aromatic rings. The third-order valence-electron chi connectivity index (χ3n) is 5.34. The highest BCUT2D eigenvalue weighted by Gasteiger charge is 2.36. The molecule has 1 aromatic heterocycles. The Kier molecular flexibility index (Phi) is 5.67. The zero-order chi connectivity index (χ0) is 23.0. The average molecular weight is 454 g/mol. The number of carbonyl (C=O) groups excluding carboxylic acids is 2. The van der Waals surface area contributed by atoms with Crippen molar-refractivity contribution in [3.05, 3.63) is 68.9 Å². The molecule has 2 N–H and O–H groups in total. The van der Waals surface area contributed by atoms with Crippen LogP contribution in [0.25, 0.3) is 11.1 Å². The second-order valence-electron chi connectivity index (χ2n) is 7.49. The summed E-state index contributed by atoms with van der Waals surface area (Å²) < 4.78 is 1.56. The third kappa shape index (κ3) is 3.94. The van der Waals surface area contributed by atoms with Gasteiger partial charge in [0.25, 0.3) is 11.6 Å². The van der Waals surface area contributed by atoms with Crippen molar-refractivity contribution in [2.45, 2.75) is 32.7 Å². The fourth-order valence-corrected chi connectivity index (χ4v) is 3.98. The molecule has 0 spiro atoms. The summed E-state index contributed by atoms with van der Waals surface area (Å²) in [5.41, 5.74) is 3.37. The zero-order valence-electron chi connectivity index (χ0n) is 17.4. The minimum Gasteiger partial charge on any atom is -0.326 e. The number of halogens is 1. The molecule has 1 aliphatic heterocycles. The predicted molar refractivity (Wildman–Crippen MR) is 121 cm³/mol. The molecular weight excluding hydrogens is 434 g/mol. The van der Waals surface area contributed by atoms with Gasteiger partial charge in [-0.2, -0.15) is 5.10 Å². The molecule has 2 heterocycles.